The van der Waals surface area contributed by atoms with E-state index in [0.29, 0.717) is 4.88 Å². The van der Waals surface area contributed by atoms with Crippen LogP contribution in [0.5, 0.6) is 0 Å². The number of aliphatic hydroxyl groups is 1. The van der Waals surface area contributed by atoms with Crippen LogP contribution in [0.15, 0.2) is 47.8 Å². The van der Waals surface area contributed by atoms with Gasteiger partial charge in [0.1, 0.15) is 0 Å². The van der Waals surface area contributed by atoms with Crippen LogP contribution in [0.4, 0.5) is 0 Å². The first-order valence-electron chi connectivity index (χ1n) is 6.18. The van der Waals surface area contributed by atoms with Gasteiger partial charge in [0, 0.05) is 5.56 Å². The summed E-state index contributed by atoms with van der Waals surface area (Å²) in [6.45, 7) is 1.89. The van der Waals surface area contributed by atoms with Crippen LogP contribution >= 0.6 is 11.3 Å². The van der Waals surface area contributed by atoms with Gasteiger partial charge in [-0.2, -0.15) is 0 Å². The van der Waals surface area contributed by atoms with Gasteiger partial charge >= 0.3 is 5.97 Å². The number of hydrogen-bond acceptors (Lipinski definition) is 4. The van der Waals surface area contributed by atoms with Gasteiger partial charge in [0.2, 0.25) is 0 Å². The standard InChI is InChI=1S/C16H14O3S/c1-2-19-15(17)16(18,14-9-6-12-20-14)11-10-13-7-4-3-5-8-13/h3-9,12,18H,2H2,1H3. The van der Waals surface area contributed by atoms with Crippen molar-refractivity contribution in [3.8, 4) is 11.8 Å². The highest BCUT2D eigenvalue weighted by molar-refractivity contribution is 7.10. The minimum Gasteiger partial charge on any atom is -0.463 e. The van der Waals surface area contributed by atoms with E-state index in [9.17, 15) is 9.90 Å². The minimum atomic E-state index is -1.92. The molecule has 1 aromatic heterocycles. The normalized spacial score (nSPS) is 12.9. The van der Waals surface area contributed by atoms with Gasteiger partial charge in [-0.1, -0.05) is 30.2 Å². The van der Waals surface area contributed by atoms with Crippen LogP contribution in [0.3, 0.4) is 0 Å². The number of carbonyl (C=O) groups excluding carboxylic acids is 1. The molecular formula is C16H14O3S. The number of thiophene rings is 1. The van der Waals surface area contributed by atoms with Gasteiger partial charge in [-0.25, -0.2) is 4.79 Å². The second kappa shape index (κ2) is 6.38. The lowest BCUT2D eigenvalue weighted by atomic mass is 10.0. The van der Waals surface area contributed by atoms with Crippen molar-refractivity contribution in [3.63, 3.8) is 0 Å². The number of esters is 1. The smallest absolute Gasteiger partial charge is 0.356 e. The Hall–Kier alpha value is -2.09. The molecule has 0 aliphatic carbocycles. The van der Waals surface area contributed by atoms with E-state index in [2.05, 4.69) is 11.8 Å². The number of rotatable bonds is 3. The van der Waals surface area contributed by atoms with Gasteiger partial charge in [-0.15, -0.1) is 11.3 Å². The van der Waals surface area contributed by atoms with Crippen molar-refractivity contribution in [1.82, 2.24) is 0 Å². The molecule has 20 heavy (non-hydrogen) atoms. The van der Waals surface area contributed by atoms with E-state index in [4.69, 9.17) is 4.74 Å². The molecule has 1 heterocycles. The Morgan fingerprint density at radius 1 is 1.30 bits per heavy atom. The highest BCUT2D eigenvalue weighted by Gasteiger charge is 2.39. The van der Waals surface area contributed by atoms with Crippen molar-refractivity contribution in [2.75, 3.05) is 6.61 Å². The Kier molecular flexibility index (Phi) is 4.57. The van der Waals surface area contributed by atoms with Crippen molar-refractivity contribution in [1.29, 1.82) is 0 Å². The van der Waals surface area contributed by atoms with Crippen molar-refractivity contribution < 1.29 is 14.6 Å². The predicted octanol–water partition coefficient (Wildman–Crippen LogP) is 2.55. The largest absolute Gasteiger partial charge is 0.463 e. The molecule has 0 amide bonds. The topological polar surface area (TPSA) is 46.5 Å². The van der Waals surface area contributed by atoms with Crippen LogP contribution in [0, 0.1) is 11.8 Å². The highest BCUT2D eigenvalue weighted by Crippen LogP contribution is 2.26. The molecule has 0 saturated heterocycles. The summed E-state index contributed by atoms with van der Waals surface area (Å²) in [7, 11) is 0. The molecule has 2 aromatic rings. The molecule has 1 N–H and O–H groups in total. The summed E-state index contributed by atoms with van der Waals surface area (Å²) in [6.07, 6.45) is 0. The summed E-state index contributed by atoms with van der Waals surface area (Å²) in [4.78, 5) is 12.5. The van der Waals surface area contributed by atoms with E-state index >= 15 is 0 Å². The van der Waals surface area contributed by atoms with E-state index in [-0.39, 0.29) is 6.61 Å². The third-order valence-electron chi connectivity index (χ3n) is 2.61. The fourth-order valence-corrected chi connectivity index (χ4v) is 2.38. The van der Waals surface area contributed by atoms with Crippen LogP contribution in [-0.2, 0) is 15.1 Å². The summed E-state index contributed by atoms with van der Waals surface area (Å²) in [5, 5.41) is 12.4. The Morgan fingerprint density at radius 3 is 2.65 bits per heavy atom. The summed E-state index contributed by atoms with van der Waals surface area (Å²) in [5.41, 5.74) is -1.19. The van der Waals surface area contributed by atoms with Gasteiger partial charge in [0.15, 0.2) is 0 Å². The summed E-state index contributed by atoms with van der Waals surface area (Å²) in [5.74, 6) is 4.71. The summed E-state index contributed by atoms with van der Waals surface area (Å²) < 4.78 is 4.93. The Balaban J connectivity index is 2.38. The molecule has 0 aliphatic heterocycles. The minimum absolute atomic E-state index is 0.194. The average Bonchev–Trinajstić information content (AvgIpc) is 3.01. The third-order valence-corrected chi connectivity index (χ3v) is 3.59. The van der Waals surface area contributed by atoms with E-state index < -0.39 is 11.6 Å². The lowest BCUT2D eigenvalue weighted by Gasteiger charge is -2.18. The maximum absolute atomic E-state index is 12.0. The van der Waals surface area contributed by atoms with Gasteiger partial charge in [0.25, 0.3) is 5.60 Å². The van der Waals surface area contributed by atoms with E-state index in [0.717, 1.165) is 5.56 Å². The molecule has 3 nitrogen and oxygen atoms in total. The number of ether oxygens (including phenoxy) is 1. The predicted molar refractivity (Wildman–Crippen MR) is 78.2 cm³/mol. The first kappa shape index (κ1) is 14.3. The molecule has 0 spiro atoms. The van der Waals surface area contributed by atoms with Crippen LogP contribution in [0.2, 0.25) is 0 Å². The molecular weight excluding hydrogens is 272 g/mol. The Bertz CT molecular complexity index is 623. The van der Waals surface area contributed by atoms with Crippen LogP contribution in [0.25, 0.3) is 0 Å². The van der Waals surface area contributed by atoms with E-state index in [1.54, 1.807) is 24.4 Å². The van der Waals surface area contributed by atoms with Crippen LogP contribution in [-0.4, -0.2) is 17.7 Å². The first-order chi connectivity index (χ1) is 9.66. The van der Waals surface area contributed by atoms with Crippen molar-refractivity contribution in [2.45, 2.75) is 12.5 Å². The zero-order chi connectivity index (χ0) is 14.4. The lowest BCUT2D eigenvalue weighted by Crippen LogP contribution is -2.35. The summed E-state index contributed by atoms with van der Waals surface area (Å²) >= 11 is 1.27. The van der Waals surface area contributed by atoms with E-state index in [1.807, 2.05) is 30.3 Å². The maximum Gasteiger partial charge on any atom is 0.356 e. The average molecular weight is 286 g/mol. The molecule has 1 unspecified atom stereocenters. The monoisotopic (exact) mass is 286 g/mol. The second-order valence-electron chi connectivity index (χ2n) is 4.02. The maximum atomic E-state index is 12.0. The molecule has 0 bridgehead atoms. The van der Waals surface area contributed by atoms with Crippen molar-refractivity contribution in [2.24, 2.45) is 0 Å². The van der Waals surface area contributed by atoms with Gasteiger partial charge in [-0.3, -0.25) is 0 Å². The lowest BCUT2D eigenvalue weighted by molar-refractivity contribution is -0.159. The molecule has 0 fully saturated rings. The molecule has 0 saturated carbocycles. The highest BCUT2D eigenvalue weighted by atomic mass is 32.1. The Morgan fingerprint density at radius 2 is 2.05 bits per heavy atom. The molecule has 102 valence electrons. The third kappa shape index (κ3) is 3.08. The molecule has 4 heteroatoms. The van der Waals surface area contributed by atoms with Crippen LogP contribution in [0.1, 0.15) is 17.4 Å². The fraction of sp³-hybridized carbons (Fsp3) is 0.188. The number of benzene rings is 1. The number of carbonyl (C=O) groups is 1. The quantitative estimate of drug-likeness (QED) is 0.697. The second-order valence-corrected chi connectivity index (χ2v) is 4.97. The van der Waals surface area contributed by atoms with Crippen molar-refractivity contribution >= 4 is 17.3 Å². The Labute approximate surface area is 121 Å². The van der Waals surface area contributed by atoms with Gasteiger partial charge in [-0.05, 0) is 36.4 Å². The molecule has 2 rings (SSSR count). The SMILES string of the molecule is CCOC(=O)C(O)(C#Cc1ccccc1)c1cccs1. The van der Waals surface area contributed by atoms with Gasteiger partial charge < -0.3 is 9.84 Å². The molecule has 1 atom stereocenters. The molecule has 0 aliphatic rings. The van der Waals surface area contributed by atoms with Crippen molar-refractivity contribution in [3.05, 3.63) is 58.3 Å². The van der Waals surface area contributed by atoms with E-state index in [1.165, 1.54) is 11.3 Å². The number of hydrogen-bond donors (Lipinski definition) is 1. The zero-order valence-electron chi connectivity index (χ0n) is 11.0. The molecule has 0 radical (unpaired) electrons. The molecule has 1 aromatic carbocycles. The fourth-order valence-electron chi connectivity index (χ4n) is 1.62. The summed E-state index contributed by atoms with van der Waals surface area (Å²) in [6, 6.07) is 12.6. The first-order valence-corrected chi connectivity index (χ1v) is 7.06. The van der Waals surface area contributed by atoms with Gasteiger partial charge in [0.05, 0.1) is 11.5 Å². The van der Waals surface area contributed by atoms with Crippen LogP contribution < -0.4 is 0 Å². The zero-order valence-corrected chi connectivity index (χ0v) is 11.8.